The Hall–Kier alpha value is -0.160. The Morgan fingerprint density at radius 3 is 1.77 bits per heavy atom. The molecule has 0 aromatic rings. The number of ether oxygens (including phenoxy) is 1. The van der Waals surface area contributed by atoms with E-state index in [0.717, 1.165) is 24.7 Å². The molecule has 0 aliphatic heterocycles. The third kappa shape index (κ3) is 9.76. The van der Waals surface area contributed by atoms with Crippen molar-refractivity contribution in [3.8, 4) is 0 Å². The molecule has 0 aromatic heterocycles. The largest absolute Gasteiger partial charge is 0.870 e. The van der Waals surface area contributed by atoms with Crippen molar-refractivity contribution in [1.82, 2.24) is 0 Å². The van der Waals surface area contributed by atoms with E-state index in [-0.39, 0.29) is 5.48 Å². The Labute approximate surface area is 82.0 Å². The van der Waals surface area contributed by atoms with E-state index in [0.29, 0.717) is 0 Å². The molecule has 0 spiro atoms. The molecule has 0 aliphatic rings. The number of methoxy groups -OCH3 is 1. The Kier molecular flexibility index (Phi) is 16.9. The maximum absolute atomic E-state index is 7.00. The standard InChI is InChI=1S/C8H20NO.CH4O.H2O/c1-5-9(3,6-2)7-8-10-4;1-2;/h5-8H2,1-4H3;2H,1H3;1H2/q+1;;/p-1. The fourth-order valence-electron chi connectivity index (χ4n) is 0.852. The van der Waals surface area contributed by atoms with Crippen molar-refractivity contribution in [2.24, 2.45) is 0 Å². The molecule has 2 N–H and O–H groups in total. The van der Waals surface area contributed by atoms with Gasteiger partial charge in [-0.05, 0) is 13.8 Å². The van der Waals surface area contributed by atoms with Crippen LogP contribution in [-0.4, -0.2) is 62.6 Å². The van der Waals surface area contributed by atoms with E-state index < -0.39 is 0 Å². The number of hydrogen-bond acceptors (Lipinski definition) is 3. The molecule has 0 saturated carbocycles. The fraction of sp³-hybridized carbons (Fsp3) is 1.00. The van der Waals surface area contributed by atoms with E-state index in [4.69, 9.17) is 9.84 Å². The SMILES string of the molecule is CC[N+](C)(CC)CCOC.CO.[OH-]. The van der Waals surface area contributed by atoms with E-state index >= 15 is 0 Å². The van der Waals surface area contributed by atoms with Crippen LogP contribution in [0.5, 0.6) is 0 Å². The maximum atomic E-state index is 7.00. The van der Waals surface area contributed by atoms with Crippen molar-refractivity contribution in [2.75, 3.05) is 47.5 Å². The number of nitrogens with zero attached hydrogens (tertiary/aromatic N) is 1. The average molecular weight is 195 g/mol. The lowest BCUT2D eigenvalue weighted by Crippen LogP contribution is -2.45. The highest BCUT2D eigenvalue weighted by atomic mass is 16.5. The van der Waals surface area contributed by atoms with Crippen LogP contribution in [0.3, 0.4) is 0 Å². The second-order valence-corrected chi connectivity index (χ2v) is 2.97. The molecular formula is C9H25NO3. The third-order valence-electron chi connectivity index (χ3n) is 2.36. The van der Waals surface area contributed by atoms with Crippen molar-refractivity contribution in [3.63, 3.8) is 0 Å². The zero-order valence-electron chi connectivity index (χ0n) is 9.58. The van der Waals surface area contributed by atoms with E-state index in [1.807, 2.05) is 0 Å². The van der Waals surface area contributed by atoms with Gasteiger partial charge in [0.2, 0.25) is 0 Å². The summed E-state index contributed by atoms with van der Waals surface area (Å²) in [6.45, 7) is 8.83. The molecule has 0 unspecified atom stereocenters. The maximum Gasteiger partial charge on any atom is 0.102 e. The van der Waals surface area contributed by atoms with Crippen LogP contribution in [-0.2, 0) is 4.74 Å². The molecule has 0 atom stereocenters. The van der Waals surface area contributed by atoms with Crippen LogP contribution in [0.1, 0.15) is 13.8 Å². The van der Waals surface area contributed by atoms with Gasteiger partial charge in [0.25, 0.3) is 0 Å². The van der Waals surface area contributed by atoms with Gasteiger partial charge >= 0.3 is 0 Å². The van der Waals surface area contributed by atoms with Gasteiger partial charge < -0.3 is 19.8 Å². The quantitative estimate of drug-likeness (QED) is 0.652. The van der Waals surface area contributed by atoms with Crippen molar-refractivity contribution in [2.45, 2.75) is 13.8 Å². The minimum atomic E-state index is 0. The molecule has 0 bridgehead atoms. The number of aliphatic hydroxyl groups is 1. The minimum absolute atomic E-state index is 0. The van der Waals surface area contributed by atoms with Gasteiger partial charge in [0.1, 0.15) is 6.54 Å². The summed E-state index contributed by atoms with van der Waals surface area (Å²) >= 11 is 0. The second kappa shape index (κ2) is 11.8. The van der Waals surface area contributed by atoms with Crippen LogP contribution in [0.15, 0.2) is 0 Å². The van der Waals surface area contributed by atoms with Crippen LogP contribution >= 0.6 is 0 Å². The van der Waals surface area contributed by atoms with Gasteiger partial charge in [-0.1, -0.05) is 0 Å². The zero-order chi connectivity index (χ0) is 10.0. The summed E-state index contributed by atoms with van der Waals surface area (Å²) in [5.41, 5.74) is 0. The molecule has 4 heteroatoms. The monoisotopic (exact) mass is 195 g/mol. The van der Waals surface area contributed by atoms with Crippen molar-refractivity contribution < 1.29 is 19.8 Å². The Morgan fingerprint density at radius 1 is 1.15 bits per heavy atom. The molecule has 0 fully saturated rings. The highest BCUT2D eigenvalue weighted by molar-refractivity contribution is 4.32. The highest BCUT2D eigenvalue weighted by Crippen LogP contribution is 1.99. The third-order valence-corrected chi connectivity index (χ3v) is 2.36. The Bertz CT molecular complexity index is 84.9. The van der Waals surface area contributed by atoms with E-state index in [2.05, 4.69) is 20.9 Å². The number of quaternary nitrogens is 1. The number of hydrogen-bond donors (Lipinski definition) is 1. The second-order valence-electron chi connectivity index (χ2n) is 2.97. The summed E-state index contributed by atoms with van der Waals surface area (Å²) < 4.78 is 6.14. The first-order chi connectivity index (χ1) is 5.68. The van der Waals surface area contributed by atoms with Gasteiger partial charge in [-0.2, -0.15) is 0 Å². The van der Waals surface area contributed by atoms with E-state index in [1.54, 1.807) is 7.11 Å². The summed E-state index contributed by atoms with van der Waals surface area (Å²) in [5, 5.41) is 7.00. The molecule has 84 valence electrons. The summed E-state index contributed by atoms with van der Waals surface area (Å²) in [5.74, 6) is 0. The van der Waals surface area contributed by atoms with Gasteiger partial charge in [-0.3, -0.25) is 0 Å². The smallest absolute Gasteiger partial charge is 0.102 e. The fourth-order valence-corrected chi connectivity index (χ4v) is 0.852. The molecule has 0 aromatic carbocycles. The van der Waals surface area contributed by atoms with Crippen molar-refractivity contribution in [3.05, 3.63) is 0 Å². The van der Waals surface area contributed by atoms with Gasteiger partial charge in [-0.15, -0.1) is 0 Å². The highest BCUT2D eigenvalue weighted by Gasteiger charge is 2.14. The lowest BCUT2D eigenvalue weighted by atomic mass is 10.4. The summed E-state index contributed by atoms with van der Waals surface area (Å²) in [6, 6.07) is 0. The van der Waals surface area contributed by atoms with Crippen molar-refractivity contribution in [1.29, 1.82) is 0 Å². The van der Waals surface area contributed by atoms with Crippen LogP contribution in [0.25, 0.3) is 0 Å². The normalized spacial score (nSPS) is 9.69. The Balaban J connectivity index is -0.000000309. The molecule has 0 amide bonds. The number of rotatable bonds is 5. The van der Waals surface area contributed by atoms with Gasteiger partial charge in [-0.25, -0.2) is 0 Å². The summed E-state index contributed by atoms with van der Waals surface area (Å²) in [4.78, 5) is 0. The average Bonchev–Trinajstić information content (AvgIpc) is 2.17. The van der Waals surface area contributed by atoms with Gasteiger partial charge in [0.15, 0.2) is 0 Å². The van der Waals surface area contributed by atoms with Crippen molar-refractivity contribution >= 4 is 0 Å². The Morgan fingerprint density at radius 2 is 1.54 bits per heavy atom. The number of aliphatic hydroxyl groups excluding tert-OH is 1. The molecule has 0 radical (unpaired) electrons. The molecule has 0 rings (SSSR count). The summed E-state index contributed by atoms with van der Waals surface area (Å²) in [7, 11) is 5.02. The molecule has 13 heavy (non-hydrogen) atoms. The van der Waals surface area contributed by atoms with Crippen LogP contribution in [0, 0.1) is 0 Å². The molecule has 0 saturated heterocycles. The lowest BCUT2D eigenvalue weighted by molar-refractivity contribution is -0.906. The zero-order valence-corrected chi connectivity index (χ0v) is 9.58. The van der Waals surface area contributed by atoms with Crippen LogP contribution < -0.4 is 0 Å². The number of likely N-dealkylation sites (N-methyl/N-ethyl adjacent to an activating group) is 1. The first-order valence-corrected chi connectivity index (χ1v) is 4.45. The summed E-state index contributed by atoms with van der Waals surface area (Å²) in [6.07, 6.45) is 0. The molecule has 0 aliphatic carbocycles. The predicted molar refractivity (Wildman–Crippen MR) is 54.1 cm³/mol. The molecule has 0 heterocycles. The first-order valence-electron chi connectivity index (χ1n) is 4.45. The van der Waals surface area contributed by atoms with Gasteiger partial charge in [0.05, 0.1) is 26.7 Å². The van der Waals surface area contributed by atoms with Crippen LogP contribution in [0.2, 0.25) is 0 Å². The van der Waals surface area contributed by atoms with E-state index in [1.165, 1.54) is 13.1 Å². The lowest BCUT2D eigenvalue weighted by Gasteiger charge is -2.31. The van der Waals surface area contributed by atoms with Gasteiger partial charge in [0, 0.05) is 14.2 Å². The molecular weight excluding hydrogens is 170 g/mol. The predicted octanol–water partition coefficient (Wildman–Crippen LogP) is 0.551. The van der Waals surface area contributed by atoms with Crippen LogP contribution in [0.4, 0.5) is 0 Å². The topological polar surface area (TPSA) is 59.5 Å². The van der Waals surface area contributed by atoms with E-state index in [9.17, 15) is 0 Å². The molecule has 4 nitrogen and oxygen atoms in total. The first kappa shape index (κ1) is 18.6. The minimum Gasteiger partial charge on any atom is -0.870 e.